The van der Waals surface area contributed by atoms with Gasteiger partial charge in [-0.1, -0.05) is 0 Å². The minimum Gasteiger partial charge on any atom is -0.370 e. The smallest absolute Gasteiger partial charge is 0.123 e. The van der Waals surface area contributed by atoms with Crippen molar-refractivity contribution in [2.24, 2.45) is 0 Å². The fourth-order valence-electron chi connectivity index (χ4n) is 2.40. The SMILES string of the molecule is CN(Cc1csc(Br)c1)c1ccc(F)cc1CNC1CC1. The van der Waals surface area contributed by atoms with Gasteiger partial charge in [0.25, 0.3) is 0 Å². The minimum atomic E-state index is -0.168. The predicted molar refractivity (Wildman–Crippen MR) is 90.4 cm³/mol. The van der Waals surface area contributed by atoms with Gasteiger partial charge in [-0.25, -0.2) is 4.39 Å². The Morgan fingerprint density at radius 2 is 2.19 bits per heavy atom. The summed E-state index contributed by atoms with van der Waals surface area (Å²) >= 11 is 5.18. The molecule has 1 fully saturated rings. The van der Waals surface area contributed by atoms with Gasteiger partial charge in [-0.15, -0.1) is 11.3 Å². The molecule has 0 unspecified atom stereocenters. The third-order valence-electron chi connectivity index (χ3n) is 3.65. The van der Waals surface area contributed by atoms with E-state index in [1.807, 2.05) is 6.07 Å². The van der Waals surface area contributed by atoms with E-state index in [0.717, 1.165) is 28.1 Å². The summed E-state index contributed by atoms with van der Waals surface area (Å²) < 4.78 is 14.7. The van der Waals surface area contributed by atoms with Crippen molar-refractivity contribution in [3.8, 4) is 0 Å². The molecule has 0 radical (unpaired) electrons. The first-order valence-corrected chi connectivity index (χ1v) is 8.75. The second-order valence-electron chi connectivity index (χ2n) is 5.54. The number of hydrogen-bond donors (Lipinski definition) is 1. The Balaban J connectivity index is 1.75. The molecule has 21 heavy (non-hydrogen) atoms. The third kappa shape index (κ3) is 4.05. The first-order chi connectivity index (χ1) is 10.1. The molecular formula is C16H18BrFN2S. The Kier molecular flexibility index (Phi) is 4.62. The highest BCUT2D eigenvalue weighted by molar-refractivity contribution is 9.11. The van der Waals surface area contributed by atoms with Crippen LogP contribution in [0, 0.1) is 5.82 Å². The number of thiophene rings is 1. The maximum atomic E-state index is 13.5. The molecule has 0 aliphatic heterocycles. The van der Waals surface area contributed by atoms with Crippen molar-refractivity contribution in [2.75, 3.05) is 11.9 Å². The molecule has 112 valence electrons. The fourth-order valence-corrected chi connectivity index (χ4v) is 3.60. The standard InChI is InChI=1S/C16H18BrFN2S/c1-20(9-11-6-16(17)21-10-11)15-5-2-13(18)7-12(15)8-19-14-3-4-14/h2,5-7,10,14,19H,3-4,8-9H2,1H3. The van der Waals surface area contributed by atoms with Crippen LogP contribution in [0.15, 0.2) is 33.4 Å². The highest BCUT2D eigenvalue weighted by atomic mass is 79.9. The molecule has 0 spiro atoms. The fraction of sp³-hybridized carbons (Fsp3) is 0.375. The molecule has 1 N–H and O–H groups in total. The van der Waals surface area contributed by atoms with Crippen LogP contribution in [0.4, 0.5) is 10.1 Å². The first kappa shape index (κ1) is 15.0. The van der Waals surface area contributed by atoms with Crippen molar-refractivity contribution < 1.29 is 4.39 Å². The number of nitrogens with zero attached hydrogens (tertiary/aromatic N) is 1. The summed E-state index contributed by atoms with van der Waals surface area (Å²) in [5, 5.41) is 5.61. The number of halogens is 2. The second-order valence-corrected chi connectivity index (χ2v) is 7.83. The number of hydrogen-bond acceptors (Lipinski definition) is 3. The van der Waals surface area contributed by atoms with E-state index in [9.17, 15) is 4.39 Å². The van der Waals surface area contributed by atoms with Gasteiger partial charge in [0.05, 0.1) is 3.79 Å². The summed E-state index contributed by atoms with van der Waals surface area (Å²) in [6, 6.07) is 7.81. The number of benzene rings is 1. The molecule has 5 heteroatoms. The van der Waals surface area contributed by atoms with E-state index in [2.05, 4.69) is 44.6 Å². The zero-order chi connectivity index (χ0) is 14.8. The molecule has 0 saturated heterocycles. The van der Waals surface area contributed by atoms with E-state index in [-0.39, 0.29) is 5.82 Å². The molecular weight excluding hydrogens is 351 g/mol. The zero-order valence-corrected chi connectivity index (χ0v) is 14.3. The predicted octanol–water partition coefficient (Wildman–Crippen LogP) is 4.54. The topological polar surface area (TPSA) is 15.3 Å². The summed E-state index contributed by atoms with van der Waals surface area (Å²) in [4.78, 5) is 2.18. The summed E-state index contributed by atoms with van der Waals surface area (Å²) in [6.45, 7) is 1.56. The summed E-state index contributed by atoms with van der Waals surface area (Å²) in [5.41, 5.74) is 3.38. The van der Waals surface area contributed by atoms with Crippen molar-refractivity contribution >= 4 is 33.0 Å². The van der Waals surface area contributed by atoms with Crippen LogP contribution in [-0.4, -0.2) is 13.1 Å². The Bertz CT molecular complexity index is 624. The Labute approximate surface area is 137 Å². The highest BCUT2D eigenvalue weighted by Crippen LogP contribution is 2.27. The number of nitrogens with one attached hydrogen (secondary N) is 1. The number of anilines is 1. The Morgan fingerprint density at radius 3 is 2.86 bits per heavy atom. The Morgan fingerprint density at radius 1 is 1.38 bits per heavy atom. The lowest BCUT2D eigenvalue weighted by Gasteiger charge is -2.22. The summed E-state index contributed by atoms with van der Waals surface area (Å²) in [7, 11) is 2.05. The normalized spacial score (nSPS) is 14.4. The molecule has 0 amide bonds. The van der Waals surface area contributed by atoms with Crippen molar-refractivity contribution in [1.29, 1.82) is 0 Å². The molecule has 1 aromatic heterocycles. The van der Waals surface area contributed by atoms with Gasteiger partial charge in [-0.2, -0.15) is 0 Å². The molecule has 1 saturated carbocycles. The van der Waals surface area contributed by atoms with Crippen LogP contribution in [0.5, 0.6) is 0 Å². The molecule has 1 aliphatic carbocycles. The van der Waals surface area contributed by atoms with Gasteiger partial charge >= 0.3 is 0 Å². The van der Waals surface area contributed by atoms with E-state index in [4.69, 9.17) is 0 Å². The van der Waals surface area contributed by atoms with Crippen LogP contribution in [0.3, 0.4) is 0 Å². The average Bonchev–Trinajstić information content (AvgIpc) is 3.19. The van der Waals surface area contributed by atoms with Gasteiger partial charge < -0.3 is 10.2 Å². The van der Waals surface area contributed by atoms with E-state index >= 15 is 0 Å². The molecule has 0 atom stereocenters. The zero-order valence-electron chi connectivity index (χ0n) is 11.9. The summed E-state index contributed by atoms with van der Waals surface area (Å²) in [6.07, 6.45) is 2.48. The van der Waals surface area contributed by atoms with Gasteiger partial charge in [0.1, 0.15) is 5.82 Å². The quantitative estimate of drug-likeness (QED) is 0.804. The van der Waals surface area contributed by atoms with Crippen LogP contribution < -0.4 is 10.2 Å². The van der Waals surface area contributed by atoms with Gasteiger partial charge in [0.2, 0.25) is 0 Å². The van der Waals surface area contributed by atoms with Gasteiger partial charge in [0.15, 0.2) is 0 Å². The molecule has 2 nitrogen and oxygen atoms in total. The summed E-state index contributed by atoms with van der Waals surface area (Å²) in [5.74, 6) is -0.168. The van der Waals surface area contributed by atoms with Crippen LogP contribution in [0.1, 0.15) is 24.0 Å². The van der Waals surface area contributed by atoms with Gasteiger partial charge in [-0.05, 0) is 69.5 Å². The highest BCUT2D eigenvalue weighted by Gasteiger charge is 2.21. The van der Waals surface area contributed by atoms with Gasteiger partial charge in [-0.3, -0.25) is 0 Å². The van der Waals surface area contributed by atoms with Crippen molar-refractivity contribution in [2.45, 2.75) is 32.0 Å². The lowest BCUT2D eigenvalue weighted by atomic mass is 10.1. The molecule has 1 aliphatic rings. The van der Waals surface area contributed by atoms with E-state index in [0.29, 0.717) is 6.04 Å². The van der Waals surface area contributed by atoms with E-state index < -0.39 is 0 Å². The molecule has 1 aromatic carbocycles. The monoisotopic (exact) mass is 368 g/mol. The van der Waals surface area contributed by atoms with Crippen molar-refractivity contribution in [3.63, 3.8) is 0 Å². The number of rotatable bonds is 6. The first-order valence-electron chi connectivity index (χ1n) is 7.07. The molecule has 0 bridgehead atoms. The maximum Gasteiger partial charge on any atom is 0.123 e. The molecule has 1 heterocycles. The van der Waals surface area contributed by atoms with Crippen LogP contribution in [0.25, 0.3) is 0 Å². The largest absolute Gasteiger partial charge is 0.370 e. The lowest BCUT2D eigenvalue weighted by Crippen LogP contribution is -2.21. The maximum absolute atomic E-state index is 13.5. The molecule has 3 rings (SSSR count). The van der Waals surface area contributed by atoms with Crippen LogP contribution >= 0.6 is 27.3 Å². The molecule has 2 aromatic rings. The van der Waals surface area contributed by atoms with Crippen LogP contribution in [-0.2, 0) is 13.1 Å². The average molecular weight is 369 g/mol. The second kappa shape index (κ2) is 6.46. The Hall–Kier alpha value is -0.910. The van der Waals surface area contributed by atoms with E-state index in [1.165, 1.54) is 24.5 Å². The van der Waals surface area contributed by atoms with Crippen LogP contribution in [0.2, 0.25) is 0 Å². The minimum absolute atomic E-state index is 0.168. The third-order valence-corrected chi connectivity index (χ3v) is 5.21. The van der Waals surface area contributed by atoms with E-state index in [1.54, 1.807) is 17.4 Å². The lowest BCUT2D eigenvalue weighted by molar-refractivity contribution is 0.619. The van der Waals surface area contributed by atoms with Crippen molar-refractivity contribution in [1.82, 2.24) is 5.32 Å². The van der Waals surface area contributed by atoms with Gasteiger partial charge in [0, 0.05) is 31.9 Å². The van der Waals surface area contributed by atoms with Crippen molar-refractivity contribution in [3.05, 3.63) is 50.4 Å².